The summed E-state index contributed by atoms with van der Waals surface area (Å²) in [6.45, 7) is 5.53. The highest BCUT2D eigenvalue weighted by molar-refractivity contribution is 5.95. The highest BCUT2D eigenvalue weighted by Crippen LogP contribution is 2.27. The minimum Gasteiger partial charge on any atom is -0.377 e. The van der Waals surface area contributed by atoms with Crippen LogP contribution in [0, 0.1) is 10.1 Å². The molecule has 108 valence electrons. The van der Waals surface area contributed by atoms with E-state index in [1.807, 2.05) is 6.92 Å². The molecule has 0 radical (unpaired) electrons. The van der Waals surface area contributed by atoms with Gasteiger partial charge in [-0.3, -0.25) is 14.9 Å². The van der Waals surface area contributed by atoms with E-state index in [0.29, 0.717) is 17.7 Å². The number of nitrogens with zero attached hydrogens (tertiary/aromatic N) is 2. The van der Waals surface area contributed by atoms with Gasteiger partial charge in [-0.05, 0) is 25.5 Å². The monoisotopic (exact) mass is 277 g/mol. The highest BCUT2D eigenvalue weighted by atomic mass is 16.6. The molecule has 6 heteroatoms. The third-order valence-corrected chi connectivity index (χ3v) is 2.77. The minimum absolute atomic E-state index is 0.00379. The number of nitro groups is 1. The number of amides is 1. The molecule has 0 bridgehead atoms. The number of rotatable bonds is 6. The Balaban J connectivity index is 3.15. The van der Waals surface area contributed by atoms with E-state index < -0.39 is 4.92 Å². The van der Waals surface area contributed by atoms with Crippen molar-refractivity contribution in [1.82, 2.24) is 4.90 Å². The van der Waals surface area contributed by atoms with Crippen LogP contribution < -0.4 is 5.32 Å². The maximum atomic E-state index is 11.9. The summed E-state index contributed by atoms with van der Waals surface area (Å²) in [6, 6.07) is 4.32. The number of hydrogen-bond donors (Lipinski definition) is 1. The van der Waals surface area contributed by atoms with Crippen LogP contribution in [0.3, 0.4) is 0 Å². The summed E-state index contributed by atoms with van der Waals surface area (Å²) in [5, 5.41) is 14.1. The molecule has 0 aromatic heterocycles. The smallest absolute Gasteiger partial charge is 0.292 e. The molecular weight excluding hydrogens is 258 g/mol. The molecule has 0 spiro atoms. The van der Waals surface area contributed by atoms with Crippen LogP contribution in [0.25, 0.3) is 0 Å². The van der Waals surface area contributed by atoms with Crippen molar-refractivity contribution in [2.75, 3.05) is 19.4 Å². The Morgan fingerprint density at radius 3 is 2.70 bits per heavy atom. The molecule has 1 atom stereocenters. The van der Waals surface area contributed by atoms with E-state index in [1.54, 1.807) is 20.2 Å². The molecule has 1 unspecified atom stereocenters. The molecule has 1 rings (SSSR count). The van der Waals surface area contributed by atoms with Crippen molar-refractivity contribution >= 4 is 17.3 Å². The Kier molecular flexibility index (Phi) is 5.25. The molecule has 1 aromatic carbocycles. The van der Waals surface area contributed by atoms with Gasteiger partial charge in [-0.15, -0.1) is 6.58 Å². The number of carbonyl (C=O) groups is 1. The van der Waals surface area contributed by atoms with Gasteiger partial charge in [-0.25, -0.2) is 0 Å². The van der Waals surface area contributed by atoms with E-state index in [0.717, 1.165) is 0 Å². The third-order valence-electron chi connectivity index (χ3n) is 2.77. The summed E-state index contributed by atoms with van der Waals surface area (Å²) < 4.78 is 0. The second kappa shape index (κ2) is 6.70. The molecule has 1 aromatic rings. The fourth-order valence-electron chi connectivity index (χ4n) is 1.78. The zero-order chi connectivity index (χ0) is 15.3. The van der Waals surface area contributed by atoms with Crippen LogP contribution in [0.2, 0.25) is 0 Å². The predicted molar refractivity (Wildman–Crippen MR) is 79.0 cm³/mol. The Labute approximate surface area is 118 Å². The van der Waals surface area contributed by atoms with Crippen LogP contribution in [0.5, 0.6) is 0 Å². The van der Waals surface area contributed by atoms with E-state index >= 15 is 0 Å². The maximum Gasteiger partial charge on any atom is 0.292 e. The van der Waals surface area contributed by atoms with E-state index in [-0.39, 0.29) is 17.6 Å². The number of hydrogen-bond acceptors (Lipinski definition) is 4. The van der Waals surface area contributed by atoms with Gasteiger partial charge in [0, 0.05) is 31.8 Å². The first-order valence-electron chi connectivity index (χ1n) is 6.24. The Hall–Kier alpha value is -2.37. The molecule has 1 amide bonds. The minimum atomic E-state index is -0.465. The van der Waals surface area contributed by atoms with E-state index in [2.05, 4.69) is 11.9 Å². The van der Waals surface area contributed by atoms with Crippen molar-refractivity contribution < 1.29 is 9.72 Å². The molecular formula is C14H19N3O3. The molecule has 1 N–H and O–H groups in total. The van der Waals surface area contributed by atoms with E-state index in [9.17, 15) is 14.9 Å². The highest BCUT2D eigenvalue weighted by Gasteiger charge is 2.18. The SMILES string of the molecule is C=CCC(C)Nc1cc(C(=O)N(C)C)ccc1[N+](=O)[O-]. The summed E-state index contributed by atoms with van der Waals surface area (Å²) in [4.78, 5) is 23.9. The molecule has 0 saturated heterocycles. The standard InChI is InChI=1S/C14H19N3O3/c1-5-6-10(2)15-12-9-11(14(18)16(3)4)7-8-13(12)17(19)20/h5,7-10,15H,1,6H2,2-4H3. The number of carbonyl (C=O) groups excluding carboxylic acids is 1. The van der Waals surface area contributed by atoms with Gasteiger partial charge in [-0.1, -0.05) is 6.08 Å². The Morgan fingerprint density at radius 1 is 1.55 bits per heavy atom. The van der Waals surface area contributed by atoms with Gasteiger partial charge in [0.1, 0.15) is 5.69 Å². The van der Waals surface area contributed by atoms with Gasteiger partial charge in [0.2, 0.25) is 0 Å². The van der Waals surface area contributed by atoms with Gasteiger partial charge in [0.25, 0.3) is 11.6 Å². The first kappa shape index (κ1) is 15.7. The fraction of sp³-hybridized carbons (Fsp3) is 0.357. The maximum absolute atomic E-state index is 11.9. The van der Waals surface area contributed by atoms with Gasteiger partial charge in [0.15, 0.2) is 0 Å². The normalized spacial score (nSPS) is 11.6. The van der Waals surface area contributed by atoms with Crippen LogP contribution in [0.1, 0.15) is 23.7 Å². The lowest BCUT2D eigenvalue weighted by Crippen LogP contribution is -2.22. The summed E-state index contributed by atoms with van der Waals surface area (Å²) in [7, 11) is 3.27. The molecule has 0 aliphatic heterocycles. The number of benzene rings is 1. The number of nitro benzene ring substituents is 1. The van der Waals surface area contributed by atoms with Crippen molar-refractivity contribution in [2.24, 2.45) is 0 Å². The van der Waals surface area contributed by atoms with Gasteiger partial charge < -0.3 is 10.2 Å². The molecule has 6 nitrogen and oxygen atoms in total. The molecule has 0 heterocycles. The van der Waals surface area contributed by atoms with Crippen molar-refractivity contribution in [2.45, 2.75) is 19.4 Å². The van der Waals surface area contributed by atoms with Gasteiger partial charge in [0.05, 0.1) is 4.92 Å². The second-order valence-electron chi connectivity index (χ2n) is 4.76. The third kappa shape index (κ3) is 3.81. The average Bonchev–Trinajstić information content (AvgIpc) is 2.37. The quantitative estimate of drug-likeness (QED) is 0.493. The van der Waals surface area contributed by atoms with Crippen molar-refractivity contribution in [3.8, 4) is 0 Å². The zero-order valence-corrected chi connectivity index (χ0v) is 11.9. The molecule has 20 heavy (non-hydrogen) atoms. The summed E-state index contributed by atoms with van der Waals surface area (Å²) in [5.74, 6) is -0.195. The lowest BCUT2D eigenvalue weighted by molar-refractivity contribution is -0.384. The van der Waals surface area contributed by atoms with Gasteiger partial charge >= 0.3 is 0 Å². The van der Waals surface area contributed by atoms with Crippen LogP contribution in [0.4, 0.5) is 11.4 Å². The van der Waals surface area contributed by atoms with Crippen molar-refractivity contribution in [1.29, 1.82) is 0 Å². The lowest BCUT2D eigenvalue weighted by atomic mass is 10.1. The number of nitrogens with one attached hydrogen (secondary N) is 1. The van der Waals surface area contributed by atoms with Crippen LogP contribution >= 0.6 is 0 Å². The van der Waals surface area contributed by atoms with Gasteiger partial charge in [-0.2, -0.15) is 0 Å². The Bertz CT molecular complexity index is 526. The second-order valence-corrected chi connectivity index (χ2v) is 4.76. The first-order chi connectivity index (χ1) is 9.36. The van der Waals surface area contributed by atoms with E-state index in [4.69, 9.17) is 0 Å². The van der Waals surface area contributed by atoms with Crippen LogP contribution in [-0.4, -0.2) is 35.9 Å². The molecule has 0 aliphatic rings. The largest absolute Gasteiger partial charge is 0.377 e. The molecule has 0 fully saturated rings. The lowest BCUT2D eigenvalue weighted by Gasteiger charge is -2.15. The van der Waals surface area contributed by atoms with Crippen molar-refractivity contribution in [3.63, 3.8) is 0 Å². The average molecular weight is 277 g/mol. The van der Waals surface area contributed by atoms with E-state index in [1.165, 1.54) is 23.1 Å². The molecule has 0 saturated carbocycles. The predicted octanol–water partition coefficient (Wildman–Crippen LogP) is 2.67. The summed E-state index contributed by atoms with van der Waals surface area (Å²) in [6.07, 6.45) is 2.40. The fourth-order valence-corrected chi connectivity index (χ4v) is 1.78. The number of anilines is 1. The zero-order valence-electron chi connectivity index (χ0n) is 11.9. The summed E-state index contributed by atoms with van der Waals surface area (Å²) >= 11 is 0. The van der Waals surface area contributed by atoms with Crippen molar-refractivity contribution in [3.05, 3.63) is 46.5 Å². The van der Waals surface area contributed by atoms with Crippen LogP contribution in [0.15, 0.2) is 30.9 Å². The van der Waals surface area contributed by atoms with Crippen LogP contribution in [-0.2, 0) is 0 Å². The Morgan fingerprint density at radius 2 is 2.20 bits per heavy atom. The topological polar surface area (TPSA) is 75.5 Å². The molecule has 0 aliphatic carbocycles. The summed E-state index contributed by atoms with van der Waals surface area (Å²) in [5.41, 5.74) is 0.710. The first-order valence-corrected chi connectivity index (χ1v) is 6.24.